The van der Waals surface area contributed by atoms with Crippen molar-refractivity contribution in [2.45, 2.75) is 75.5 Å². The third-order valence-electron chi connectivity index (χ3n) is 5.68. The highest BCUT2D eigenvalue weighted by Crippen LogP contribution is 2.41. The van der Waals surface area contributed by atoms with Gasteiger partial charge in [0.15, 0.2) is 0 Å². The molecule has 0 bridgehead atoms. The first kappa shape index (κ1) is 13.8. The second-order valence-corrected chi connectivity index (χ2v) is 6.89. The fourth-order valence-electron chi connectivity index (χ4n) is 4.42. The van der Waals surface area contributed by atoms with E-state index in [1.807, 2.05) is 0 Å². The van der Waals surface area contributed by atoms with E-state index in [-0.39, 0.29) is 5.60 Å². The average molecular weight is 266 g/mol. The summed E-state index contributed by atoms with van der Waals surface area (Å²) in [6.07, 6.45) is 11.9. The normalized spacial score (nSPS) is 35.7. The second kappa shape index (κ2) is 6.11. The van der Waals surface area contributed by atoms with E-state index < -0.39 is 0 Å². The minimum atomic E-state index is 0.264. The summed E-state index contributed by atoms with van der Waals surface area (Å²) in [5.41, 5.74) is 0.264. The van der Waals surface area contributed by atoms with Crippen LogP contribution in [0.25, 0.3) is 0 Å². The van der Waals surface area contributed by atoms with Crippen LogP contribution in [0.5, 0.6) is 0 Å². The van der Waals surface area contributed by atoms with E-state index in [1.54, 1.807) is 0 Å². The largest absolute Gasteiger partial charge is 0.375 e. The maximum atomic E-state index is 6.18. The Labute approximate surface area is 118 Å². The number of hydrogen-bond donors (Lipinski definition) is 1. The molecule has 0 radical (unpaired) electrons. The third kappa shape index (κ3) is 3.14. The van der Waals surface area contributed by atoms with Crippen molar-refractivity contribution < 1.29 is 4.74 Å². The van der Waals surface area contributed by atoms with Crippen molar-refractivity contribution in [3.05, 3.63) is 0 Å². The van der Waals surface area contributed by atoms with Gasteiger partial charge in [-0.15, -0.1) is 0 Å². The average Bonchev–Trinajstić information content (AvgIpc) is 2.72. The van der Waals surface area contributed by atoms with Gasteiger partial charge in [0.25, 0.3) is 0 Å². The van der Waals surface area contributed by atoms with Crippen molar-refractivity contribution in [2.24, 2.45) is 0 Å². The molecule has 1 N–H and O–H groups in total. The molecule has 0 aromatic carbocycles. The Hall–Kier alpha value is -0.120. The summed E-state index contributed by atoms with van der Waals surface area (Å²) >= 11 is 0. The van der Waals surface area contributed by atoms with Crippen molar-refractivity contribution in [1.82, 2.24) is 10.2 Å². The molecule has 110 valence electrons. The molecule has 1 saturated carbocycles. The van der Waals surface area contributed by atoms with Gasteiger partial charge in [0.05, 0.1) is 5.60 Å². The SMILES string of the molecule is CN(C1CCCNCC1)C1CCOC2(CCCC2)C1. The van der Waals surface area contributed by atoms with E-state index in [2.05, 4.69) is 17.3 Å². The van der Waals surface area contributed by atoms with Crippen molar-refractivity contribution in [1.29, 1.82) is 0 Å². The summed E-state index contributed by atoms with van der Waals surface area (Å²) in [5.74, 6) is 0. The highest BCUT2D eigenvalue weighted by Gasteiger charge is 2.41. The topological polar surface area (TPSA) is 24.5 Å². The molecule has 3 heteroatoms. The Morgan fingerprint density at radius 2 is 1.84 bits per heavy atom. The molecule has 3 rings (SSSR count). The van der Waals surface area contributed by atoms with Crippen LogP contribution in [0.1, 0.15) is 57.8 Å². The minimum absolute atomic E-state index is 0.264. The van der Waals surface area contributed by atoms with Crippen molar-refractivity contribution in [3.63, 3.8) is 0 Å². The minimum Gasteiger partial charge on any atom is -0.375 e. The predicted molar refractivity (Wildman–Crippen MR) is 78.4 cm³/mol. The lowest BCUT2D eigenvalue weighted by Gasteiger charge is -2.44. The van der Waals surface area contributed by atoms with E-state index in [4.69, 9.17) is 4.74 Å². The zero-order chi connectivity index (χ0) is 13.1. The monoisotopic (exact) mass is 266 g/mol. The molecule has 2 aliphatic heterocycles. The van der Waals surface area contributed by atoms with Crippen molar-refractivity contribution in [2.75, 3.05) is 26.7 Å². The Bertz CT molecular complexity index is 280. The van der Waals surface area contributed by atoms with Gasteiger partial charge >= 0.3 is 0 Å². The number of rotatable bonds is 2. The lowest BCUT2D eigenvalue weighted by Crippen LogP contribution is -2.49. The van der Waals surface area contributed by atoms with Crippen LogP contribution < -0.4 is 5.32 Å². The standard InChI is InChI=1S/C16H30N2O/c1-18(14-5-4-10-17-11-6-14)15-7-12-19-16(13-15)8-2-3-9-16/h14-15,17H,2-13H2,1H3. The van der Waals surface area contributed by atoms with Crippen LogP contribution in [0, 0.1) is 0 Å². The first-order valence-corrected chi connectivity index (χ1v) is 8.36. The first-order chi connectivity index (χ1) is 9.29. The van der Waals surface area contributed by atoms with E-state index >= 15 is 0 Å². The molecule has 2 atom stereocenters. The van der Waals surface area contributed by atoms with Crippen molar-refractivity contribution >= 4 is 0 Å². The number of hydrogen-bond acceptors (Lipinski definition) is 3. The molecule has 3 aliphatic rings. The van der Waals surface area contributed by atoms with Gasteiger partial charge in [-0.2, -0.15) is 0 Å². The molecule has 2 heterocycles. The Kier molecular flexibility index (Phi) is 4.45. The van der Waals surface area contributed by atoms with Crippen LogP contribution in [0.15, 0.2) is 0 Å². The van der Waals surface area contributed by atoms with Gasteiger partial charge in [-0.25, -0.2) is 0 Å². The van der Waals surface area contributed by atoms with Gasteiger partial charge in [0.1, 0.15) is 0 Å². The van der Waals surface area contributed by atoms with Gasteiger partial charge in [-0.1, -0.05) is 12.8 Å². The summed E-state index contributed by atoms with van der Waals surface area (Å²) in [6, 6.07) is 1.55. The van der Waals surface area contributed by atoms with Crippen molar-refractivity contribution in [3.8, 4) is 0 Å². The zero-order valence-electron chi connectivity index (χ0n) is 12.5. The summed E-state index contributed by atoms with van der Waals surface area (Å²) in [6.45, 7) is 3.39. The second-order valence-electron chi connectivity index (χ2n) is 6.89. The lowest BCUT2D eigenvalue weighted by atomic mass is 9.87. The molecule has 0 amide bonds. The fourth-order valence-corrected chi connectivity index (χ4v) is 4.42. The summed E-state index contributed by atoms with van der Waals surface area (Å²) in [7, 11) is 2.37. The molecule has 1 aliphatic carbocycles. The van der Waals surface area contributed by atoms with Gasteiger partial charge in [0.2, 0.25) is 0 Å². The quantitative estimate of drug-likeness (QED) is 0.831. The summed E-state index contributed by atoms with van der Waals surface area (Å²) in [4.78, 5) is 2.70. The van der Waals surface area contributed by atoms with Crippen LogP contribution in [-0.4, -0.2) is 49.3 Å². The fraction of sp³-hybridized carbons (Fsp3) is 1.00. The molecular formula is C16H30N2O. The maximum absolute atomic E-state index is 6.18. The van der Waals surface area contributed by atoms with E-state index in [0.29, 0.717) is 0 Å². The molecular weight excluding hydrogens is 236 g/mol. The molecule has 19 heavy (non-hydrogen) atoms. The highest BCUT2D eigenvalue weighted by atomic mass is 16.5. The Balaban J connectivity index is 1.60. The molecule has 2 unspecified atom stereocenters. The van der Waals surface area contributed by atoms with E-state index in [0.717, 1.165) is 18.7 Å². The molecule has 3 fully saturated rings. The van der Waals surface area contributed by atoms with Crippen LogP contribution in [-0.2, 0) is 4.74 Å². The van der Waals surface area contributed by atoms with Gasteiger partial charge in [-0.3, -0.25) is 0 Å². The predicted octanol–water partition coefficient (Wildman–Crippen LogP) is 2.55. The van der Waals surface area contributed by atoms with E-state index in [1.165, 1.54) is 70.9 Å². The number of ether oxygens (including phenoxy) is 1. The molecule has 0 aromatic heterocycles. The first-order valence-electron chi connectivity index (χ1n) is 8.36. The van der Waals surface area contributed by atoms with Crippen LogP contribution in [0.2, 0.25) is 0 Å². The Morgan fingerprint density at radius 3 is 2.68 bits per heavy atom. The molecule has 3 nitrogen and oxygen atoms in total. The summed E-state index contributed by atoms with van der Waals surface area (Å²) < 4.78 is 6.18. The van der Waals surface area contributed by atoms with Crippen LogP contribution in [0.3, 0.4) is 0 Å². The lowest BCUT2D eigenvalue weighted by molar-refractivity contribution is -0.104. The number of nitrogens with zero attached hydrogens (tertiary/aromatic N) is 1. The number of nitrogens with one attached hydrogen (secondary N) is 1. The highest BCUT2D eigenvalue weighted by molar-refractivity contribution is 4.95. The van der Waals surface area contributed by atoms with Crippen LogP contribution in [0.4, 0.5) is 0 Å². The van der Waals surface area contributed by atoms with Crippen LogP contribution >= 0.6 is 0 Å². The maximum Gasteiger partial charge on any atom is 0.0697 e. The third-order valence-corrected chi connectivity index (χ3v) is 5.68. The zero-order valence-corrected chi connectivity index (χ0v) is 12.5. The Morgan fingerprint density at radius 1 is 1.00 bits per heavy atom. The van der Waals surface area contributed by atoms with Gasteiger partial charge < -0.3 is 15.0 Å². The molecule has 2 saturated heterocycles. The van der Waals surface area contributed by atoms with E-state index in [9.17, 15) is 0 Å². The molecule has 1 spiro atoms. The molecule has 0 aromatic rings. The van der Waals surface area contributed by atoms with Gasteiger partial charge in [0, 0.05) is 18.7 Å². The smallest absolute Gasteiger partial charge is 0.0697 e. The summed E-state index contributed by atoms with van der Waals surface area (Å²) in [5, 5.41) is 3.53. The van der Waals surface area contributed by atoms with Gasteiger partial charge in [-0.05, 0) is 65.1 Å².